The summed E-state index contributed by atoms with van der Waals surface area (Å²) in [6, 6.07) is 5.63. The third-order valence-electron chi connectivity index (χ3n) is 5.87. The summed E-state index contributed by atoms with van der Waals surface area (Å²) >= 11 is 4.91. The van der Waals surface area contributed by atoms with E-state index in [9.17, 15) is 18.4 Å². The number of rotatable bonds is 6. The molecule has 15 heteroatoms. The molecule has 0 bridgehead atoms. The minimum Gasteiger partial charge on any atom is -0.474 e. The molecular formula is C23H26F3N7O4S. The van der Waals surface area contributed by atoms with Crippen LogP contribution in [0, 0.1) is 17.6 Å². The van der Waals surface area contributed by atoms with E-state index in [0.717, 1.165) is 6.07 Å². The van der Waals surface area contributed by atoms with Crippen LogP contribution >= 0.6 is 12.2 Å². The largest absolute Gasteiger partial charge is 0.474 e. The smallest absolute Gasteiger partial charge is 0.414 e. The number of aromatic nitrogens is 1. The Morgan fingerprint density at radius 1 is 1.21 bits per heavy atom. The van der Waals surface area contributed by atoms with Crippen LogP contribution in [0.5, 0.6) is 0 Å². The number of nitrogens with zero attached hydrogens (tertiary/aromatic N) is 4. The molecule has 3 heterocycles. The number of methoxy groups -OCH3 is 1. The normalized spacial score (nSPS) is 17.6. The van der Waals surface area contributed by atoms with E-state index < -0.39 is 35.8 Å². The maximum atomic E-state index is 15.1. The van der Waals surface area contributed by atoms with Gasteiger partial charge in [0.25, 0.3) is 5.17 Å². The van der Waals surface area contributed by atoms with E-state index in [4.69, 9.17) is 21.7 Å². The van der Waals surface area contributed by atoms with Gasteiger partial charge < -0.3 is 25.0 Å². The van der Waals surface area contributed by atoms with Gasteiger partial charge in [-0.2, -0.15) is 4.39 Å². The summed E-state index contributed by atoms with van der Waals surface area (Å²) in [5.41, 5.74) is 3.65. The molecule has 0 unspecified atom stereocenters. The number of carbonyl (C=O) groups excluding carboxylic acids is 2. The molecule has 0 radical (unpaired) electrons. The van der Waals surface area contributed by atoms with Gasteiger partial charge in [-0.1, -0.05) is 0 Å². The third-order valence-corrected chi connectivity index (χ3v) is 6.18. The maximum absolute atomic E-state index is 15.1. The second kappa shape index (κ2) is 12.1. The second-order valence-corrected chi connectivity index (χ2v) is 8.80. The molecule has 2 aliphatic rings. The predicted octanol–water partition coefficient (Wildman–Crippen LogP) is 1.88. The lowest BCUT2D eigenvalue weighted by molar-refractivity contribution is 0.142. The molecule has 0 aliphatic carbocycles. The maximum Gasteiger partial charge on any atom is 0.414 e. The van der Waals surface area contributed by atoms with E-state index in [0.29, 0.717) is 37.1 Å². The van der Waals surface area contributed by atoms with Crippen LogP contribution in [-0.4, -0.2) is 79.8 Å². The molecule has 2 saturated heterocycles. The van der Waals surface area contributed by atoms with Gasteiger partial charge in [0.2, 0.25) is 5.95 Å². The van der Waals surface area contributed by atoms with Crippen molar-refractivity contribution in [2.75, 3.05) is 56.2 Å². The SMILES string of the molecule is COC(=S)NC[C@H]1CN(c2ccc(N3CCNN(C(=O)NCc4cc(F)cc(F)n4)CC3)c(F)c2)C(=O)O1. The Balaban J connectivity index is 1.32. The Bertz CT molecular complexity index is 1190. The quantitative estimate of drug-likeness (QED) is 0.365. The minimum atomic E-state index is -0.976. The lowest BCUT2D eigenvalue weighted by Crippen LogP contribution is -2.48. The molecule has 38 heavy (non-hydrogen) atoms. The van der Waals surface area contributed by atoms with Gasteiger partial charge in [0.05, 0.1) is 50.4 Å². The highest BCUT2D eigenvalue weighted by molar-refractivity contribution is 7.80. The highest BCUT2D eigenvalue weighted by Gasteiger charge is 2.33. The topological polar surface area (TPSA) is 111 Å². The second-order valence-electron chi connectivity index (χ2n) is 8.43. The van der Waals surface area contributed by atoms with Crippen LogP contribution < -0.4 is 25.9 Å². The number of urea groups is 1. The zero-order valence-corrected chi connectivity index (χ0v) is 21.2. The molecule has 3 N–H and O–H groups in total. The van der Waals surface area contributed by atoms with Crippen LogP contribution in [0.2, 0.25) is 0 Å². The van der Waals surface area contributed by atoms with Crippen molar-refractivity contribution in [3.8, 4) is 0 Å². The van der Waals surface area contributed by atoms with Crippen LogP contribution in [0.25, 0.3) is 0 Å². The molecule has 11 nitrogen and oxygen atoms in total. The van der Waals surface area contributed by atoms with Crippen LogP contribution in [0.15, 0.2) is 30.3 Å². The number of thiocarbonyl (C=S) groups is 1. The van der Waals surface area contributed by atoms with E-state index >= 15 is 4.39 Å². The van der Waals surface area contributed by atoms with Crippen molar-refractivity contribution in [1.82, 2.24) is 26.1 Å². The zero-order chi connectivity index (χ0) is 27.2. The number of amides is 3. The Hall–Kier alpha value is -3.85. The summed E-state index contributed by atoms with van der Waals surface area (Å²) < 4.78 is 51.9. The highest BCUT2D eigenvalue weighted by Crippen LogP contribution is 2.28. The van der Waals surface area contributed by atoms with Gasteiger partial charge in [0, 0.05) is 25.7 Å². The lowest BCUT2D eigenvalue weighted by Gasteiger charge is -2.24. The van der Waals surface area contributed by atoms with Gasteiger partial charge in [-0.15, -0.1) is 0 Å². The predicted molar refractivity (Wildman–Crippen MR) is 135 cm³/mol. The highest BCUT2D eigenvalue weighted by atomic mass is 32.1. The van der Waals surface area contributed by atoms with Crippen molar-refractivity contribution in [3.63, 3.8) is 0 Å². The Morgan fingerprint density at radius 2 is 2.03 bits per heavy atom. The van der Waals surface area contributed by atoms with Crippen LogP contribution in [0.3, 0.4) is 0 Å². The van der Waals surface area contributed by atoms with E-state index in [1.54, 1.807) is 17.0 Å². The summed E-state index contributed by atoms with van der Waals surface area (Å²) in [4.78, 5) is 31.5. The molecule has 2 fully saturated rings. The standard InChI is InChI=1S/C23H26F3N7O4S/c1-36-22(38)28-12-17-13-32(23(35)37-17)16-2-3-19(18(25)10-16)31-5-4-29-33(7-6-31)21(34)27-11-15-8-14(24)9-20(26)30-15/h2-3,8-10,17,29H,4-7,11-13H2,1H3,(H,27,34)(H,28,38)/t17-/m0/s1. The lowest BCUT2D eigenvalue weighted by atomic mass is 10.2. The summed E-state index contributed by atoms with van der Waals surface area (Å²) in [6.07, 6.45) is -1.08. The fraction of sp³-hybridized carbons (Fsp3) is 0.391. The average molecular weight is 554 g/mol. The zero-order valence-electron chi connectivity index (χ0n) is 20.4. The van der Waals surface area contributed by atoms with E-state index in [1.165, 1.54) is 23.1 Å². The number of cyclic esters (lactones) is 1. The first kappa shape index (κ1) is 27.2. The number of benzene rings is 1. The number of hydrogen-bond donors (Lipinski definition) is 3. The minimum absolute atomic E-state index is 0.0392. The molecule has 2 aliphatic heterocycles. The average Bonchev–Trinajstić information content (AvgIpc) is 3.08. The van der Waals surface area contributed by atoms with Crippen LogP contribution in [0.1, 0.15) is 5.69 Å². The number of anilines is 2. The molecule has 204 valence electrons. The number of pyridine rings is 1. The van der Waals surface area contributed by atoms with E-state index in [-0.39, 0.29) is 37.0 Å². The number of nitrogens with one attached hydrogen (secondary N) is 3. The molecule has 0 spiro atoms. The van der Waals surface area contributed by atoms with Crippen molar-refractivity contribution in [2.24, 2.45) is 0 Å². The molecular weight excluding hydrogens is 527 g/mol. The first-order valence-electron chi connectivity index (χ1n) is 11.7. The molecule has 1 atom stereocenters. The van der Waals surface area contributed by atoms with Crippen molar-refractivity contribution in [3.05, 3.63) is 53.6 Å². The van der Waals surface area contributed by atoms with Crippen molar-refractivity contribution >= 4 is 40.9 Å². The van der Waals surface area contributed by atoms with Gasteiger partial charge in [-0.05, 0) is 36.5 Å². The monoisotopic (exact) mass is 553 g/mol. The summed E-state index contributed by atoms with van der Waals surface area (Å²) in [5, 5.41) is 6.86. The first-order valence-corrected chi connectivity index (χ1v) is 12.1. The number of ether oxygens (including phenoxy) is 2. The van der Waals surface area contributed by atoms with Gasteiger partial charge >= 0.3 is 12.1 Å². The van der Waals surface area contributed by atoms with Gasteiger partial charge in [0.1, 0.15) is 17.7 Å². The molecule has 4 rings (SSSR count). The Morgan fingerprint density at radius 3 is 2.76 bits per heavy atom. The number of hydrazine groups is 1. The number of hydrogen-bond acceptors (Lipinski definition) is 8. The Kier molecular flexibility index (Phi) is 8.68. The molecule has 1 aromatic heterocycles. The number of halogens is 3. The van der Waals surface area contributed by atoms with Crippen molar-refractivity contribution in [1.29, 1.82) is 0 Å². The molecule has 2 aromatic rings. The fourth-order valence-corrected chi connectivity index (χ4v) is 4.13. The Labute approximate surface area is 221 Å². The first-order chi connectivity index (χ1) is 18.2. The fourth-order valence-electron chi connectivity index (χ4n) is 4.04. The van der Waals surface area contributed by atoms with Gasteiger partial charge in [-0.25, -0.2) is 28.8 Å². The van der Waals surface area contributed by atoms with E-state index in [1.807, 2.05) is 0 Å². The molecule has 0 saturated carbocycles. The van der Waals surface area contributed by atoms with Crippen LogP contribution in [-0.2, 0) is 16.0 Å². The van der Waals surface area contributed by atoms with Crippen molar-refractivity contribution in [2.45, 2.75) is 12.6 Å². The van der Waals surface area contributed by atoms with E-state index in [2.05, 4.69) is 21.0 Å². The summed E-state index contributed by atoms with van der Waals surface area (Å²) in [6.45, 7) is 1.55. The molecule has 3 amide bonds. The molecule has 1 aromatic carbocycles. The van der Waals surface area contributed by atoms with Crippen LogP contribution in [0.4, 0.5) is 34.1 Å². The summed E-state index contributed by atoms with van der Waals surface area (Å²) in [5.74, 6) is -2.30. The number of carbonyl (C=O) groups is 2. The third kappa shape index (κ3) is 6.72. The van der Waals surface area contributed by atoms with Crippen molar-refractivity contribution < 1.29 is 32.2 Å². The summed E-state index contributed by atoms with van der Waals surface area (Å²) in [7, 11) is 1.43. The van der Waals surface area contributed by atoms with Gasteiger partial charge in [0.15, 0.2) is 0 Å². The van der Waals surface area contributed by atoms with Gasteiger partial charge in [-0.3, -0.25) is 9.91 Å².